The lowest BCUT2D eigenvalue weighted by atomic mass is 9.97. The molecule has 0 radical (unpaired) electrons. The molecule has 1 unspecified atom stereocenters. The number of amides is 1. The first-order valence-electron chi connectivity index (χ1n) is 8.49. The summed E-state index contributed by atoms with van der Waals surface area (Å²) < 4.78 is 6.20. The van der Waals surface area contributed by atoms with Crippen molar-refractivity contribution in [2.75, 3.05) is 0 Å². The third kappa shape index (κ3) is 4.49. The molecule has 3 rings (SSSR count). The van der Waals surface area contributed by atoms with Gasteiger partial charge in [0.2, 0.25) is 5.91 Å². The van der Waals surface area contributed by atoms with Crippen LogP contribution in [0.15, 0.2) is 57.1 Å². The van der Waals surface area contributed by atoms with Gasteiger partial charge in [-0.15, -0.1) is 16.4 Å². The van der Waals surface area contributed by atoms with Crippen LogP contribution in [0.5, 0.6) is 0 Å². The normalized spacial score (nSPS) is 12.3. The lowest BCUT2D eigenvalue weighted by molar-refractivity contribution is -0.122. The number of hydrogen-bond donors (Lipinski definition) is 1. The molecule has 0 saturated carbocycles. The van der Waals surface area contributed by atoms with Crippen molar-refractivity contribution in [2.45, 2.75) is 32.9 Å². The van der Waals surface area contributed by atoms with E-state index in [1.165, 1.54) is 11.3 Å². The number of thiophene rings is 1. The van der Waals surface area contributed by atoms with Crippen molar-refractivity contribution in [3.63, 3.8) is 0 Å². The van der Waals surface area contributed by atoms with E-state index in [1.54, 1.807) is 0 Å². The first kappa shape index (κ1) is 18.1. The molecule has 2 heterocycles. The molecule has 0 aliphatic carbocycles. The van der Waals surface area contributed by atoms with E-state index in [0.717, 1.165) is 21.5 Å². The van der Waals surface area contributed by atoms with E-state index in [-0.39, 0.29) is 24.4 Å². The highest BCUT2D eigenvalue weighted by Crippen LogP contribution is 2.22. The van der Waals surface area contributed by atoms with E-state index in [9.17, 15) is 9.59 Å². The molecule has 136 valence electrons. The summed E-state index contributed by atoms with van der Waals surface area (Å²) in [6.45, 7) is 4.05. The van der Waals surface area contributed by atoms with E-state index in [4.69, 9.17) is 4.42 Å². The Bertz CT molecular complexity index is 898. The second kappa shape index (κ2) is 8.14. The summed E-state index contributed by atoms with van der Waals surface area (Å²) in [4.78, 5) is 25.2. The van der Waals surface area contributed by atoms with Crippen LogP contribution in [0.1, 0.15) is 31.9 Å². The highest BCUT2D eigenvalue weighted by Gasteiger charge is 2.18. The molecule has 1 aromatic carbocycles. The summed E-state index contributed by atoms with van der Waals surface area (Å²) in [7, 11) is 0. The highest BCUT2D eigenvalue weighted by atomic mass is 32.1. The van der Waals surface area contributed by atoms with Crippen molar-refractivity contribution in [2.24, 2.45) is 5.92 Å². The summed E-state index contributed by atoms with van der Waals surface area (Å²) in [5, 5.41) is 9.00. The van der Waals surface area contributed by atoms with Crippen molar-refractivity contribution >= 4 is 17.2 Å². The van der Waals surface area contributed by atoms with Gasteiger partial charge in [0.05, 0.1) is 10.9 Å². The van der Waals surface area contributed by atoms with Crippen molar-refractivity contribution in [1.29, 1.82) is 0 Å². The molecule has 0 saturated heterocycles. The Kier molecular flexibility index (Phi) is 5.68. The van der Waals surface area contributed by atoms with E-state index < -0.39 is 5.76 Å². The first-order valence-corrected chi connectivity index (χ1v) is 9.37. The van der Waals surface area contributed by atoms with Gasteiger partial charge < -0.3 is 9.73 Å². The fourth-order valence-electron chi connectivity index (χ4n) is 2.72. The lowest BCUT2D eigenvalue weighted by Gasteiger charge is -2.21. The number of carbonyl (C=O) groups excluding carboxylic acids is 1. The summed E-state index contributed by atoms with van der Waals surface area (Å²) in [5.41, 5.74) is 1.04. The quantitative estimate of drug-likeness (QED) is 0.690. The third-order valence-electron chi connectivity index (χ3n) is 3.88. The van der Waals surface area contributed by atoms with Gasteiger partial charge in [-0.25, -0.2) is 4.79 Å². The number of benzene rings is 1. The topological polar surface area (TPSA) is 77.1 Å². The zero-order chi connectivity index (χ0) is 18.5. The van der Waals surface area contributed by atoms with Gasteiger partial charge in [-0.05, 0) is 29.3 Å². The van der Waals surface area contributed by atoms with Crippen molar-refractivity contribution in [3.05, 3.63) is 64.0 Å². The van der Waals surface area contributed by atoms with Gasteiger partial charge in [0.25, 0.3) is 5.89 Å². The minimum Gasteiger partial charge on any atom is -0.387 e. The summed E-state index contributed by atoms with van der Waals surface area (Å²) in [5.74, 6) is -0.253. The van der Waals surface area contributed by atoms with Gasteiger partial charge in [0.15, 0.2) is 0 Å². The number of nitrogens with zero attached hydrogens (tertiary/aromatic N) is 2. The van der Waals surface area contributed by atoms with E-state index in [2.05, 4.69) is 24.3 Å². The van der Waals surface area contributed by atoms with E-state index in [0.29, 0.717) is 5.92 Å². The highest BCUT2D eigenvalue weighted by molar-refractivity contribution is 7.13. The molecule has 1 amide bonds. The molecule has 0 aliphatic heterocycles. The van der Waals surface area contributed by atoms with Gasteiger partial charge in [0.1, 0.15) is 6.54 Å². The van der Waals surface area contributed by atoms with Gasteiger partial charge in [-0.1, -0.05) is 50.2 Å². The van der Waals surface area contributed by atoms with Crippen molar-refractivity contribution in [1.82, 2.24) is 15.1 Å². The van der Waals surface area contributed by atoms with Gasteiger partial charge in [0, 0.05) is 0 Å². The number of rotatable bonds is 7. The Morgan fingerprint density at radius 2 is 2.00 bits per heavy atom. The Morgan fingerprint density at radius 3 is 2.65 bits per heavy atom. The maximum absolute atomic E-state index is 12.5. The second-order valence-corrected chi connectivity index (χ2v) is 7.42. The molecule has 0 spiro atoms. The molecule has 1 N–H and O–H groups in total. The minimum absolute atomic E-state index is 0.108. The SMILES string of the molecule is CC(C)CC(NC(=O)Cn1nc(-c2cccs2)oc1=O)c1ccccc1. The van der Waals surface area contributed by atoms with E-state index >= 15 is 0 Å². The maximum Gasteiger partial charge on any atom is 0.437 e. The average Bonchev–Trinajstić information content (AvgIpc) is 3.25. The Hall–Kier alpha value is -2.67. The van der Waals surface area contributed by atoms with Crippen LogP contribution in [0.25, 0.3) is 10.8 Å². The van der Waals surface area contributed by atoms with Gasteiger partial charge in [-0.2, -0.15) is 4.68 Å². The minimum atomic E-state index is -0.635. The van der Waals surface area contributed by atoms with Crippen LogP contribution in [0.4, 0.5) is 0 Å². The number of aromatic nitrogens is 2. The molecule has 2 aromatic heterocycles. The van der Waals surface area contributed by atoms with Crippen LogP contribution in [0.3, 0.4) is 0 Å². The molecule has 0 fully saturated rings. The van der Waals surface area contributed by atoms with Crippen LogP contribution in [-0.4, -0.2) is 15.7 Å². The predicted molar refractivity (Wildman–Crippen MR) is 101 cm³/mol. The molecule has 26 heavy (non-hydrogen) atoms. The monoisotopic (exact) mass is 371 g/mol. The number of nitrogens with one attached hydrogen (secondary N) is 1. The van der Waals surface area contributed by atoms with Crippen LogP contribution in [0, 0.1) is 5.92 Å². The largest absolute Gasteiger partial charge is 0.437 e. The standard InChI is InChI=1S/C19H21N3O3S/c1-13(2)11-15(14-7-4-3-5-8-14)20-17(23)12-22-19(24)25-18(21-22)16-9-6-10-26-16/h3-10,13,15H,11-12H2,1-2H3,(H,20,23). The summed E-state index contributed by atoms with van der Waals surface area (Å²) in [6, 6.07) is 13.4. The van der Waals surface area contributed by atoms with Crippen LogP contribution < -0.4 is 11.1 Å². The maximum atomic E-state index is 12.5. The molecular weight excluding hydrogens is 350 g/mol. The number of carbonyl (C=O) groups is 1. The molecule has 6 nitrogen and oxygen atoms in total. The van der Waals surface area contributed by atoms with Crippen molar-refractivity contribution < 1.29 is 9.21 Å². The molecule has 3 aromatic rings. The Labute approximate surface area is 155 Å². The Morgan fingerprint density at radius 1 is 1.23 bits per heavy atom. The van der Waals surface area contributed by atoms with Crippen LogP contribution in [-0.2, 0) is 11.3 Å². The Balaban J connectivity index is 1.72. The molecular formula is C19H21N3O3S. The predicted octanol–water partition coefficient (Wildman–Crippen LogP) is 3.47. The smallest absolute Gasteiger partial charge is 0.387 e. The summed E-state index contributed by atoms with van der Waals surface area (Å²) >= 11 is 1.42. The van der Waals surface area contributed by atoms with Crippen LogP contribution in [0.2, 0.25) is 0 Å². The van der Waals surface area contributed by atoms with Crippen LogP contribution >= 0.6 is 11.3 Å². The number of hydrogen-bond acceptors (Lipinski definition) is 5. The fraction of sp³-hybridized carbons (Fsp3) is 0.316. The van der Waals surface area contributed by atoms with Gasteiger partial charge in [-0.3, -0.25) is 4.79 Å². The molecule has 7 heteroatoms. The average molecular weight is 371 g/mol. The fourth-order valence-corrected chi connectivity index (χ4v) is 3.36. The second-order valence-electron chi connectivity index (χ2n) is 6.47. The van der Waals surface area contributed by atoms with Crippen molar-refractivity contribution in [3.8, 4) is 10.8 Å². The molecule has 1 atom stereocenters. The van der Waals surface area contributed by atoms with Gasteiger partial charge >= 0.3 is 5.76 Å². The first-order chi connectivity index (χ1) is 12.5. The zero-order valence-electron chi connectivity index (χ0n) is 14.7. The lowest BCUT2D eigenvalue weighted by Crippen LogP contribution is -2.34. The summed E-state index contributed by atoms with van der Waals surface area (Å²) in [6.07, 6.45) is 0.809. The molecule has 0 aliphatic rings. The third-order valence-corrected chi connectivity index (χ3v) is 4.73. The van der Waals surface area contributed by atoms with E-state index in [1.807, 2.05) is 47.8 Å². The molecule has 0 bridgehead atoms. The zero-order valence-corrected chi connectivity index (χ0v) is 15.5.